The van der Waals surface area contributed by atoms with Crippen LogP contribution in [0.1, 0.15) is 13.3 Å². The highest BCUT2D eigenvalue weighted by atomic mass is 28.2. The molecular weight excluding hydrogens is 146 g/mol. The lowest BCUT2D eigenvalue weighted by atomic mass is 10.5. The van der Waals surface area contributed by atoms with Gasteiger partial charge in [-0.25, -0.2) is 0 Å². The van der Waals surface area contributed by atoms with E-state index in [1.807, 2.05) is 6.92 Å². The van der Waals surface area contributed by atoms with Gasteiger partial charge in [0.05, 0.1) is 0 Å². The Morgan fingerprint density at radius 1 is 1.70 bits per heavy atom. The van der Waals surface area contributed by atoms with Crippen molar-refractivity contribution in [2.45, 2.75) is 19.4 Å². The van der Waals surface area contributed by atoms with E-state index in [4.69, 9.17) is 9.96 Å². The van der Waals surface area contributed by atoms with Crippen molar-refractivity contribution in [3.8, 4) is 0 Å². The Bertz CT molecular complexity index is 113. The molecule has 10 heavy (non-hydrogen) atoms. The summed E-state index contributed by atoms with van der Waals surface area (Å²) in [4.78, 5) is 2.64. The quantitative estimate of drug-likeness (QED) is 0.190. The smallest absolute Gasteiger partial charge is 0.229 e. The van der Waals surface area contributed by atoms with E-state index in [9.17, 15) is 0 Å². The zero-order valence-electron chi connectivity index (χ0n) is 6.08. The van der Waals surface area contributed by atoms with Crippen molar-refractivity contribution >= 4 is 9.76 Å². The maximum absolute atomic E-state index is 7.90. The molecular formula is C5H11N3OSi. The molecule has 0 aromatic rings. The Hall–Kier alpha value is -0.513. The van der Waals surface area contributed by atoms with E-state index in [-0.39, 0.29) is 0 Å². The molecule has 0 unspecified atom stereocenters. The van der Waals surface area contributed by atoms with Crippen molar-refractivity contribution in [3.63, 3.8) is 0 Å². The summed E-state index contributed by atoms with van der Waals surface area (Å²) in [7, 11) is 0.560. The first-order valence-electron chi connectivity index (χ1n) is 3.27. The molecule has 0 N–H and O–H groups in total. The van der Waals surface area contributed by atoms with Gasteiger partial charge in [0.2, 0.25) is 9.76 Å². The van der Waals surface area contributed by atoms with Gasteiger partial charge in [0.15, 0.2) is 0 Å². The van der Waals surface area contributed by atoms with Crippen LogP contribution in [0, 0.1) is 0 Å². The third-order valence-corrected chi connectivity index (χ3v) is 1.90. The highest BCUT2D eigenvalue weighted by Crippen LogP contribution is 1.89. The molecule has 0 saturated carbocycles. The molecule has 0 fully saturated rings. The summed E-state index contributed by atoms with van der Waals surface area (Å²) < 4.78 is 5.11. The number of rotatable bonds is 6. The Morgan fingerprint density at radius 3 is 3.10 bits per heavy atom. The molecule has 0 atom stereocenters. The lowest BCUT2D eigenvalue weighted by Gasteiger charge is -1.94. The van der Waals surface area contributed by atoms with Crippen LogP contribution in [-0.2, 0) is 4.43 Å². The minimum Gasteiger partial charge on any atom is -0.418 e. The lowest BCUT2D eigenvalue weighted by Crippen LogP contribution is -1.97. The van der Waals surface area contributed by atoms with Gasteiger partial charge in [-0.05, 0) is 24.9 Å². The first kappa shape index (κ1) is 9.49. The topological polar surface area (TPSA) is 58.0 Å². The van der Waals surface area contributed by atoms with Crippen molar-refractivity contribution < 1.29 is 4.43 Å². The fourth-order valence-electron chi connectivity index (χ4n) is 0.441. The van der Waals surface area contributed by atoms with E-state index in [1.165, 1.54) is 0 Å². The SMILES string of the molecule is CCO[Si]CCCN=[N+]=[N-]. The Balaban J connectivity index is 2.83. The molecule has 0 aromatic carbocycles. The van der Waals surface area contributed by atoms with Crippen molar-refractivity contribution in [3.05, 3.63) is 10.4 Å². The summed E-state index contributed by atoms with van der Waals surface area (Å²) in [5, 5.41) is 3.40. The van der Waals surface area contributed by atoms with Gasteiger partial charge in [0, 0.05) is 18.1 Å². The predicted molar refractivity (Wildman–Crippen MR) is 40.8 cm³/mol. The molecule has 56 valence electrons. The maximum Gasteiger partial charge on any atom is 0.229 e. The van der Waals surface area contributed by atoms with Gasteiger partial charge in [0.25, 0.3) is 0 Å². The Labute approximate surface area is 63.1 Å². The number of azide groups is 1. The lowest BCUT2D eigenvalue weighted by molar-refractivity contribution is 0.359. The maximum atomic E-state index is 7.90. The van der Waals surface area contributed by atoms with Crippen LogP contribution in [-0.4, -0.2) is 22.9 Å². The van der Waals surface area contributed by atoms with E-state index in [1.54, 1.807) is 0 Å². The van der Waals surface area contributed by atoms with Crippen molar-refractivity contribution in [2.75, 3.05) is 13.2 Å². The monoisotopic (exact) mass is 157 g/mol. The van der Waals surface area contributed by atoms with Crippen LogP contribution in [0.2, 0.25) is 6.04 Å². The average molecular weight is 157 g/mol. The summed E-state index contributed by atoms with van der Waals surface area (Å²) in [6, 6.07) is 1.01. The Kier molecular flexibility index (Phi) is 8.05. The first-order valence-corrected chi connectivity index (χ1v) is 4.39. The van der Waals surface area contributed by atoms with Gasteiger partial charge in [-0.1, -0.05) is 5.11 Å². The van der Waals surface area contributed by atoms with Crippen LogP contribution in [0.15, 0.2) is 5.11 Å². The molecule has 4 nitrogen and oxygen atoms in total. The molecule has 0 spiro atoms. The molecule has 0 aromatic heterocycles. The highest BCUT2D eigenvalue weighted by molar-refractivity contribution is 6.26. The third-order valence-electron chi connectivity index (χ3n) is 0.847. The van der Waals surface area contributed by atoms with Crippen LogP contribution in [0.5, 0.6) is 0 Å². The second-order valence-corrected chi connectivity index (χ2v) is 2.71. The number of hydrogen-bond acceptors (Lipinski definition) is 2. The third kappa shape index (κ3) is 7.49. The van der Waals surface area contributed by atoms with E-state index in [0.717, 1.165) is 19.1 Å². The standard InChI is InChI=1S/C5H11N3OSi/c1-2-9-10-5-3-4-7-8-6/h2-5H2,1H3. The minimum atomic E-state index is 0.560. The Morgan fingerprint density at radius 2 is 2.50 bits per heavy atom. The number of hydrogen-bond donors (Lipinski definition) is 0. The minimum absolute atomic E-state index is 0.560. The van der Waals surface area contributed by atoms with Gasteiger partial charge in [-0.15, -0.1) is 0 Å². The summed E-state index contributed by atoms with van der Waals surface area (Å²) in [5.41, 5.74) is 7.90. The van der Waals surface area contributed by atoms with Crippen molar-refractivity contribution in [1.29, 1.82) is 0 Å². The summed E-state index contributed by atoms with van der Waals surface area (Å²) in [6.07, 6.45) is 0.933. The van der Waals surface area contributed by atoms with Crippen LogP contribution < -0.4 is 0 Å². The van der Waals surface area contributed by atoms with Gasteiger partial charge < -0.3 is 4.43 Å². The van der Waals surface area contributed by atoms with Crippen LogP contribution in [0.25, 0.3) is 10.4 Å². The van der Waals surface area contributed by atoms with Gasteiger partial charge in [-0.2, -0.15) is 0 Å². The van der Waals surface area contributed by atoms with E-state index in [2.05, 4.69) is 10.0 Å². The summed E-state index contributed by atoms with van der Waals surface area (Å²) in [5.74, 6) is 0. The second-order valence-electron chi connectivity index (χ2n) is 1.64. The fraction of sp³-hybridized carbons (Fsp3) is 1.00. The van der Waals surface area contributed by atoms with E-state index in [0.29, 0.717) is 16.3 Å². The van der Waals surface area contributed by atoms with Crippen LogP contribution in [0.3, 0.4) is 0 Å². The fourth-order valence-corrected chi connectivity index (χ4v) is 1.09. The van der Waals surface area contributed by atoms with Gasteiger partial charge in [-0.3, -0.25) is 0 Å². The van der Waals surface area contributed by atoms with Crippen LogP contribution in [0.4, 0.5) is 0 Å². The summed E-state index contributed by atoms with van der Waals surface area (Å²) in [6.45, 7) is 3.34. The molecule has 0 saturated heterocycles. The predicted octanol–water partition coefficient (Wildman–Crippen LogP) is 1.76. The van der Waals surface area contributed by atoms with Crippen LogP contribution >= 0.6 is 0 Å². The molecule has 0 aliphatic carbocycles. The largest absolute Gasteiger partial charge is 0.418 e. The zero-order chi connectivity index (χ0) is 7.66. The molecule has 0 heterocycles. The first-order chi connectivity index (χ1) is 4.91. The molecule has 0 amide bonds. The molecule has 5 heteroatoms. The highest BCUT2D eigenvalue weighted by Gasteiger charge is 1.88. The molecule has 0 rings (SSSR count). The molecule has 0 aliphatic rings. The summed E-state index contributed by atoms with van der Waals surface area (Å²) >= 11 is 0. The van der Waals surface area contributed by atoms with E-state index >= 15 is 0 Å². The van der Waals surface area contributed by atoms with Crippen molar-refractivity contribution in [1.82, 2.24) is 0 Å². The van der Waals surface area contributed by atoms with Gasteiger partial charge in [0.1, 0.15) is 0 Å². The average Bonchev–Trinajstić information content (AvgIpc) is 1.97. The molecule has 0 aliphatic heterocycles. The number of nitrogens with zero attached hydrogens (tertiary/aromatic N) is 3. The van der Waals surface area contributed by atoms with E-state index < -0.39 is 0 Å². The molecule has 0 bridgehead atoms. The second kappa shape index (κ2) is 8.49. The van der Waals surface area contributed by atoms with Crippen molar-refractivity contribution in [2.24, 2.45) is 5.11 Å². The molecule has 2 radical (unpaired) electrons. The normalized spacial score (nSPS) is 8.90. The van der Waals surface area contributed by atoms with Gasteiger partial charge >= 0.3 is 0 Å². The zero-order valence-corrected chi connectivity index (χ0v) is 7.08.